The van der Waals surface area contributed by atoms with Crippen LogP contribution in [0.15, 0.2) is 41.3 Å². The lowest BCUT2D eigenvalue weighted by atomic mass is 10.0. The number of pyridine rings is 1. The molecule has 5 N–H and O–H groups in total. The van der Waals surface area contributed by atoms with Crippen molar-refractivity contribution in [3.05, 3.63) is 69.3 Å². The second-order valence-electron chi connectivity index (χ2n) is 7.82. The zero-order valence-corrected chi connectivity index (χ0v) is 17.4. The van der Waals surface area contributed by atoms with E-state index < -0.39 is 22.8 Å². The van der Waals surface area contributed by atoms with E-state index in [0.29, 0.717) is 16.6 Å². The molecule has 1 amide bonds. The van der Waals surface area contributed by atoms with Crippen molar-refractivity contribution in [2.24, 2.45) is 0 Å². The summed E-state index contributed by atoms with van der Waals surface area (Å²) in [6.07, 6.45) is 2.99. The van der Waals surface area contributed by atoms with Gasteiger partial charge in [0.2, 0.25) is 5.43 Å². The van der Waals surface area contributed by atoms with Crippen LogP contribution >= 0.6 is 0 Å². The van der Waals surface area contributed by atoms with Crippen LogP contribution in [0.25, 0.3) is 10.9 Å². The lowest BCUT2D eigenvalue weighted by Crippen LogP contribution is -2.29. The summed E-state index contributed by atoms with van der Waals surface area (Å²) >= 11 is 0. The van der Waals surface area contributed by atoms with Crippen LogP contribution < -0.4 is 21.8 Å². The van der Waals surface area contributed by atoms with Crippen molar-refractivity contribution in [3.8, 4) is 0 Å². The molecule has 0 bridgehead atoms. The highest BCUT2D eigenvalue weighted by Gasteiger charge is 2.30. The molecule has 0 unspecified atom stereocenters. The number of hydrogen-bond donors (Lipinski definition) is 4. The minimum Gasteiger partial charge on any atom is -0.477 e. The number of amides is 1. The van der Waals surface area contributed by atoms with Gasteiger partial charge in [-0.1, -0.05) is 18.2 Å². The molecule has 0 radical (unpaired) electrons. The first-order chi connectivity index (χ1) is 15.3. The van der Waals surface area contributed by atoms with Gasteiger partial charge in [-0.15, -0.1) is 0 Å². The average molecular weight is 438 g/mol. The van der Waals surface area contributed by atoms with Gasteiger partial charge in [-0.05, 0) is 37.5 Å². The zero-order chi connectivity index (χ0) is 23.0. The summed E-state index contributed by atoms with van der Waals surface area (Å²) in [4.78, 5) is 36.5. The molecule has 1 aromatic heterocycles. The third-order valence-electron chi connectivity index (χ3n) is 5.61. The monoisotopic (exact) mass is 438 g/mol. The maximum Gasteiger partial charge on any atom is 0.341 e. The Balaban J connectivity index is 1.65. The second-order valence-corrected chi connectivity index (χ2v) is 7.82. The SMILES string of the molecule is Cc1c(NCCNC(=O)c2ccccc2)c(F)c(N)c2c(=O)c(C(=O)O)cn(C3CC3)c12. The van der Waals surface area contributed by atoms with Gasteiger partial charge in [0.25, 0.3) is 5.91 Å². The number of anilines is 2. The maximum atomic E-state index is 15.1. The number of carbonyl (C=O) groups excluding carboxylic acids is 1. The van der Waals surface area contributed by atoms with E-state index in [1.807, 2.05) is 6.07 Å². The fourth-order valence-electron chi connectivity index (χ4n) is 3.85. The van der Waals surface area contributed by atoms with Crippen molar-refractivity contribution < 1.29 is 19.1 Å². The summed E-state index contributed by atoms with van der Waals surface area (Å²) in [5.74, 6) is -2.43. The number of nitrogens with zero attached hydrogens (tertiary/aromatic N) is 1. The minimum absolute atomic E-state index is 0.0396. The van der Waals surface area contributed by atoms with Crippen LogP contribution in [0, 0.1) is 12.7 Å². The van der Waals surface area contributed by atoms with Crippen LogP contribution in [0.2, 0.25) is 0 Å². The molecule has 1 aliphatic carbocycles. The normalized spacial score (nSPS) is 13.2. The summed E-state index contributed by atoms with van der Waals surface area (Å²) in [7, 11) is 0. The number of halogens is 1. The predicted octanol–water partition coefficient (Wildman–Crippen LogP) is 2.91. The molecule has 1 heterocycles. The molecule has 0 saturated heterocycles. The van der Waals surface area contributed by atoms with E-state index in [9.17, 15) is 19.5 Å². The second kappa shape index (κ2) is 8.33. The fourth-order valence-corrected chi connectivity index (χ4v) is 3.85. The maximum absolute atomic E-state index is 15.1. The van der Waals surface area contributed by atoms with Gasteiger partial charge in [-0.25, -0.2) is 9.18 Å². The third kappa shape index (κ3) is 3.77. The Morgan fingerprint density at radius 1 is 1.22 bits per heavy atom. The fraction of sp³-hybridized carbons (Fsp3) is 0.261. The smallest absolute Gasteiger partial charge is 0.341 e. The summed E-state index contributed by atoms with van der Waals surface area (Å²) in [6, 6.07) is 8.77. The Hall–Kier alpha value is -3.88. The number of carboxylic acids is 1. The van der Waals surface area contributed by atoms with Crippen LogP contribution in [0.4, 0.5) is 15.8 Å². The van der Waals surface area contributed by atoms with Crippen molar-refractivity contribution >= 4 is 34.2 Å². The minimum atomic E-state index is -1.37. The molecule has 3 aromatic rings. The van der Waals surface area contributed by atoms with Gasteiger partial charge in [0.15, 0.2) is 5.82 Å². The van der Waals surface area contributed by atoms with Crippen molar-refractivity contribution in [2.45, 2.75) is 25.8 Å². The van der Waals surface area contributed by atoms with Crippen molar-refractivity contribution in [1.29, 1.82) is 0 Å². The van der Waals surface area contributed by atoms with Crippen LogP contribution in [-0.2, 0) is 0 Å². The Kier molecular flexibility index (Phi) is 5.56. The molecule has 0 atom stereocenters. The van der Waals surface area contributed by atoms with Gasteiger partial charge in [0, 0.05) is 30.9 Å². The molecule has 32 heavy (non-hydrogen) atoms. The number of aromatic carboxylic acids is 1. The average Bonchev–Trinajstić information content (AvgIpc) is 3.62. The molecular weight excluding hydrogens is 415 g/mol. The van der Waals surface area contributed by atoms with Gasteiger partial charge < -0.3 is 26.0 Å². The first-order valence-electron chi connectivity index (χ1n) is 10.3. The van der Waals surface area contributed by atoms with E-state index in [-0.39, 0.29) is 41.8 Å². The molecular formula is C23H23FN4O4. The van der Waals surface area contributed by atoms with E-state index in [1.54, 1.807) is 35.8 Å². The van der Waals surface area contributed by atoms with Crippen LogP contribution in [-0.4, -0.2) is 34.6 Å². The van der Waals surface area contributed by atoms with Crippen molar-refractivity contribution in [1.82, 2.24) is 9.88 Å². The number of nitrogens with two attached hydrogens (primary N) is 1. The zero-order valence-electron chi connectivity index (χ0n) is 17.4. The van der Waals surface area contributed by atoms with Gasteiger partial charge in [0.1, 0.15) is 5.56 Å². The van der Waals surface area contributed by atoms with Gasteiger partial charge >= 0.3 is 5.97 Å². The highest BCUT2D eigenvalue weighted by molar-refractivity contribution is 6.01. The van der Waals surface area contributed by atoms with Gasteiger partial charge in [-0.3, -0.25) is 9.59 Å². The number of nitrogen functional groups attached to an aromatic ring is 1. The predicted molar refractivity (Wildman–Crippen MR) is 120 cm³/mol. The molecule has 0 aliphatic heterocycles. The number of rotatable bonds is 7. The van der Waals surface area contributed by atoms with Crippen LogP contribution in [0.3, 0.4) is 0 Å². The number of aryl methyl sites for hydroxylation is 1. The van der Waals surface area contributed by atoms with E-state index in [4.69, 9.17) is 5.73 Å². The molecule has 9 heteroatoms. The van der Waals surface area contributed by atoms with E-state index in [2.05, 4.69) is 10.6 Å². The standard InChI is InChI=1S/C23H23FN4O4/c1-12-19(26-9-10-27-22(30)13-5-3-2-4-6-13)17(24)18(25)16-20(12)28(14-7-8-14)11-15(21(16)29)23(31)32/h2-6,11,14,26H,7-10,25H2,1H3,(H,27,30)(H,31,32). The van der Waals surface area contributed by atoms with Crippen LogP contribution in [0.1, 0.15) is 45.2 Å². The summed E-state index contributed by atoms with van der Waals surface area (Å²) in [5, 5.41) is 15.0. The molecule has 8 nitrogen and oxygen atoms in total. The quantitative estimate of drug-likeness (QED) is 0.332. The molecule has 0 spiro atoms. The number of fused-ring (bicyclic) bond motifs is 1. The summed E-state index contributed by atoms with van der Waals surface area (Å²) < 4.78 is 16.9. The summed E-state index contributed by atoms with van der Waals surface area (Å²) in [6.45, 7) is 2.12. The number of carboxylic acid groups (broad SMARTS) is 1. The Morgan fingerprint density at radius 2 is 1.91 bits per heavy atom. The first-order valence-corrected chi connectivity index (χ1v) is 10.3. The highest BCUT2D eigenvalue weighted by Crippen LogP contribution is 2.41. The number of hydrogen-bond acceptors (Lipinski definition) is 5. The van der Waals surface area contributed by atoms with Gasteiger partial charge in [0.05, 0.1) is 22.3 Å². The number of nitrogens with one attached hydrogen (secondary N) is 2. The lowest BCUT2D eigenvalue weighted by molar-refractivity contribution is 0.0694. The molecule has 166 valence electrons. The van der Waals surface area contributed by atoms with Crippen molar-refractivity contribution in [2.75, 3.05) is 24.1 Å². The molecule has 1 aliphatic rings. The number of aromatic nitrogens is 1. The Labute approximate surface area is 182 Å². The summed E-state index contributed by atoms with van der Waals surface area (Å²) in [5.41, 5.74) is 5.90. The van der Waals surface area contributed by atoms with Crippen LogP contribution in [0.5, 0.6) is 0 Å². The topological polar surface area (TPSA) is 126 Å². The highest BCUT2D eigenvalue weighted by atomic mass is 19.1. The van der Waals surface area contributed by atoms with Crippen molar-refractivity contribution in [3.63, 3.8) is 0 Å². The Bertz CT molecular complexity index is 1280. The number of benzene rings is 2. The third-order valence-corrected chi connectivity index (χ3v) is 5.61. The van der Waals surface area contributed by atoms with Gasteiger partial charge in [-0.2, -0.15) is 0 Å². The molecule has 2 aromatic carbocycles. The number of carbonyl (C=O) groups is 2. The Morgan fingerprint density at radius 3 is 2.53 bits per heavy atom. The molecule has 4 rings (SSSR count). The molecule has 1 fully saturated rings. The molecule has 1 saturated carbocycles. The lowest BCUT2D eigenvalue weighted by Gasteiger charge is -2.20. The first kappa shape index (κ1) is 21.4. The van der Waals surface area contributed by atoms with E-state index >= 15 is 4.39 Å². The van der Waals surface area contributed by atoms with E-state index in [0.717, 1.165) is 12.8 Å². The van der Waals surface area contributed by atoms with E-state index in [1.165, 1.54) is 6.20 Å². The largest absolute Gasteiger partial charge is 0.477 e.